The number of carbonyl (C=O) groups is 1. The zero-order chi connectivity index (χ0) is 21.7. The van der Waals surface area contributed by atoms with Crippen LogP contribution in [0.1, 0.15) is 0 Å². The minimum atomic E-state index is -4.77. The number of carbonyl (C=O) groups excluding carboxylic acids is 1. The Bertz CT molecular complexity index is 998. The summed E-state index contributed by atoms with van der Waals surface area (Å²) in [6, 6.07) is 5.60. The number of ether oxygens (including phenoxy) is 1. The Morgan fingerprint density at radius 2 is 1.93 bits per heavy atom. The number of benzene rings is 1. The van der Waals surface area contributed by atoms with E-state index in [2.05, 4.69) is 19.7 Å². The standard InChI is InChI=1S/C18H18F3N5O2S2/c1-25(2)8-9-26(15(27)11-29-16-22-6-3-7-23-16)17-24-13-5-4-12(10-14(13)30-17)28-18(19,20)21/h3-7,10H,8-9,11H2,1-2H3. The topological polar surface area (TPSA) is 71.5 Å². The second kappa shape index (κ2) is 9.58. The second-order valence-corrected chi connectivity index (χ2v) is 8.29. The minimum Gasteiger partial charge on any atom is -0.406 e. The molecule has 3 aromatic rings. The van der Waals surface area contributed by atoms with Crippen LogP contribution in [0.25, 0.3) is 10.2 Å². The van der Waals surface area contributed by atoms with Gasteiger partial charge in [0.2, 0.25) is 5.91 Å². The number of alkyl halides is 3. The number of anilines is 1. The summed E-state index contributed by atoms with van der Waals surface area (Å²) >= 11 is 2.34. The van der Waals surface area contributed by atoms with Crippen LogP contribution in [0.4, 0.5) is 18.3 Å². The fraction of sp³-hybridized carbons (Fsp3) is 0.333. The summed E-state index contributed by atoms with van der Waals surface area (Å²) in [4.78, 5) is 28.9. The average molecular weight is 458 g/mol. The van der Waals surface area contributed by atoms with E-state index in [9.17, 15) is 18.0 Å². The molecule has 0 saturated heterocycles. The van der Waals surface area contributed by atoms with E-state index in [1.54, 1.807) is 18.5 Å². The number of fused-ring (bicyclic) bond motifs is 1. The fourth-order valence-corrected chi connectivity index (χ4v) is 4.11. The smallest absolute Gasteiger partial charge is 0.406 e. The van der Waals surface area contributed by atoms with Gasteiger partial charge in [0.1, 0.15) is 5.75 Å². The monoisotopic (exact) mass is 457 g/mol. The zero-order valence-corrected chi connectivity index (χ0v) is 17.7. The molecule has 2 aromatic heterocycles. The average Bonchev–Trinajstić information content (AvgIpc) is 3.08. The highest BCUT2D eigenvalue weighted by molar-refractivity contribution is 7.99. The quantitative estimate of drug-likeness (QED) is 0.378. The minimum absolute atomic E-state index is 0.107. The van der Waals surface area contributed by atoms with E-state index in [1.807, 2.05) is 19.0 Å². The zero-order valence-electron chi connectivity index (χ0n) is 16.1. The molecule has 0 atom stereocenters. The van der Waals surface area contributed by atoms with Gasteiger partial charge in [-0.25, -0.2) is 15.0 Å². The Morgan fingerprint density at radius 1 is 1.20 bits per heavy atom. The number of hydrogen-bond acceptors (Lipinski definition) is 8. The van der Waals surface area contributed by atoms with Gasteiger partial charge in [0.15, 0.2) is 10.3 Å². The Kier molecular flexibility index (Phi) is 7.10. The van der Waals surface area contributed by atoms with Gasteiger partial charge in [-0.15, -0.1) is 13.2 Å². The highest BCUT2D eigenvalue weighted by Crippen LogP contribution is 2.33. The first-order valence-electron chi connectivity index (χ1n) is 8.72. The van der Waals surface area contributed by atoms with Crippen LogP contribution < -0.4 is 9.64 Å². The van der Waals surface area contributed by atoms with E-state index in [0.717, 1.165) is 11.3 Å². The predicted octanol–water partition coefficient (Wildman–Crippen LogP) is 3.67. The van der Waals surface area contributed by atoms with Gasteiger partial charge in [0.05, 0.1) is 16.0 Å². The first-order valence-corrected chi connectivity index (χ1v) is 10.5. The molecule has 0 aliphatic heterocycles. The first-order chi connectivity index (χ1) is 14.2. The Hall–Kier alpha value is -2.44. The van der Waals surface area contributed by atoms with Gasteiger partial charge < -0.3 is 9.64 Å². The number of halogens is 3. The van der Waals surface area contributed by atoms with Gasteiger partial charge in [-0.05, 0) is 32.3 Å². The summed E-state index contributed by atoms with van der Waals surface area (Å²) in [5.41, 5.74) is 0.492. The maximum Gasteiger partial charge on any atom is 0.573 e. The lowest BCUT2D eigenvalue weighted by molar-refractivity contribution is -0.274. The molecule has 0 bridgehead atoms. The van der Waals surface area contributed by atoms with Crippen molar-refractivity contribution in [2.45, 2.75) is 11.5 Å². The van der Waals surface area contributed by atoms with Gasteiger partial charge >= 0.3 is 6.36 Å². The number of hydrogen-bond donors (Lipinski definition) is 0. The van der Waals surface area contributed by atoms with Crippen LogP contribution in [0, 0.1) is 0 Å². The van der Waals surface area contributed by atoms with Crippen LogP contribution in [-0.4, -0.2) is 65.1 Å². The fourth-order valence-electron chi connectivity index (χ4n) is 2.40. The molecule has 0 saturated carbocycles. The Morgan fingerprint density at radius 3 is 2.60 bits per heavy atom. The third-order valence-corrected chi connectivity index (χ3v) is 5.65. The summed E-state index contributed by atoms with van der Waals surface area (Å²) in [7, 11) is 3.77. The van der Waals surface area contributed by atoms with Crippen LogP contribution in [0.5, 0.6) is 5.75 Å². The molecule has 0 N–H and O–H groups in total. The van der Waals surface area contributed by atoms with Gasteiger partial charge in [-0.2, -0.15) is 0 Å². The summed E-state index contributed by atoms with van der Waals surface area (Å²) in [6.07, 6.45) is -1.58. The van der Waals surface area contributed by atoms with E-state index < -0.39 is 6.36 Å². The van der Waals surface area contributed by atoms with Gasteiger partial charge in [-0.1, -0.05) is 23.1 Å². The number of aromatic nitrogens is 3. The van der Waals surface area contributed by atoms with Gasteiger partial charge in [0, 0.05) is 31.5 Å². The molecule has 0 fully saturated rings. The molecule has 0 radical (unpaired) electrons. The third-order valence-electron chi connectivity index (χ3n) is 3.75. The highest BCUT2D eigenvalue weighted by Gasteiger charge is 2.31. The third kappa shape index (κ3) is 6.28. The van der Waals surface area contributed by atoms with Crippen molar-refractivity contribution in [2.24, 2.45) is 0 Å². The molecule has 2 heterocycles. The molecule has 0 aliphatic carbocycles. The predicted molar refractivity (Wildman–Crippen MR) is 110 cm³/mol. The van der Waals surface area contributed by atoms with Crippen molar-refractivity contribution in [2.75, 3.05) is 37.8 Å². The number of likely N-dealkylation sites (N-methyl/N-ethyl adjacent to an activating group) is 1. The molecule has 1 amide bonds. The lowest BCUT2D eigenvalue weighted by Crippen LogP contribution is -2.37. The van der Waals surface area contributed by atoms with E-state index in [-0.39, 0.29) is 17.4 Å². The molecule has 7 nitrogen and oxygen atoms in total. The maximum absolute atomic E-state index is 12.9. The van der Waals surface area contributed by atoms with Crippen molar-refractivity contribution in [3.8, 4) is 5.75 Å². The number of nitrogens with zero attached hydrogens (tertiary/aromatic N) is 5. The number of thioether (sulfide) groups is 1. The summed E-state index contributed by atoms with van der Waals surface area (Å²) in [5, 5.41) is 0.896. The molecule has 0 unspecified atom stereocenters. The molecule has 3 rings (SSSR count). The highest BCUT2D eigenvalue weighted by atomic mass is 32.2. The Balaban J connectivity index is 1.81. The largest absolute Gasteiger partial charge is 0.573 e. The van der Waals surface area contributed by atoms with E-state index in [1.165, 1.54) is 34.9 Å². The molecule has 30 heavy (non-hydrogen) atoms. The van der Waals surface area contributed by atoms with Crippen LogP contribution in [0.3, 0.4) is 0 Å². The number of amides is 1. The summed E-state index contributed by atoms with van der Waals surface area (Å²) in [5.74, 6) is -0.413. The molecular formula is C18H18F3N5O2S2. The SMILES string of the molecule is CN(C)CCN(C(=O)CSc1ncccn1)c1nc2ccc(OC(F)(F)F)cc2s1. The summed E-state index contributed by atoms with van der Waals surface area (Å²) < 4.78 is 41.9. The lowest BCUT2D eigenvalue weighted by atomic mass is 10.3. The molecule has 12 heteroatoms. The van der Waals surface area contributed by atoms with Crippen molar-refractivity contribution in [3.05, 3.63) is 36.7 Å². The summed E-state index contributed by atoms with van der Waals surface area (Å²) in [6.45, 7) is 0.977. The van der Waals surface area contributed by atoms with Crippen molar-refractivity contribution in [1.82, 2.24) is 19.9 Å². The molecule has 160 valence electrons. The van der Waals surface area contributed by atoms with E-state index in [0.29, 0.717) is 33.6 Å². The van der Waals surface area contributed by atoms with Crippen LogP contribution in [0.15, 0.2) is 41.8 Å². The van der Waals surface area contributed by atoms with Crippen LogP contribution in [-0.2, 0) is 4.79 Å². The molecule has 0 spiro atoms. The van der Waals surface area contributed by atoms with Crippen molar-refractivity contribution in [3.63, 3.8) is 0 Å². The normalized spacial score (nSPS) is 11.8. The number of rotatable bonds is 8. The second-order valence-electron chi connectivity index (χ2n) is 6.34. The van der Waals surface area contributed by atoms with Gasteiger partial charge in [-0.3, -0.25) is 9.69 Å². The van der Waals surface area contributed by atoms with Crippen molar-refractivity contribution < 1.29 is 22.7 Å². The molecular weight excluding hydrogens is 439 g/mol. The van der Waals surface area contributed by atoms with Gasteiger partial charge in [0.25, 0.3) is 0 Å². The van der Waals surface area contributed by atoms with Crippen LogP contribution in [0.2, 0.25) is 0 Å². The molecule has 0 aliphatic rings. The van der Waals surface area contributed by atoms with Crippen LogP contribution >= 0.6 is 23.1 Å². The van der Waals surface area contributed by atoms with E-state index >= 15 is 0 Å². The maximum atomic E-state index is 12.9. The van der Waals surface area contributed by atoms with E-state index in [4.69, 9.17) is 0 Å². The first kappa shape index (κ1) is 22.2. The number of thiazole rings is 1. The Labute approximate surface area is 178 Å². The lowest BCUT2D eigenvalue weighted by Gasteiger charge is -2.21. The van der Waals surface area contributed by atoms with Crippen molar-refractivity contribution in [1.29, 1.82) is 0 Å². The van der Waals surface area contributed by atoms with Crippen molar-refractivity contribution >= 4 is 44.4 Å². The molecule has 1 aromatic carbocycles.